The Morgan fingerprint density at radius 3 is 1.86 bits per heavy atom. The third-order valence-corrected chi connectivity index (χ3v) is 17.1. The summed E-state index contributed by atoms with van der Waals surface area (Å²) in [6.45, 7) is 7.17. The highest BCUT2D eigenvalue weighted by molar-refractivity contribution is 5.69. The average molecular weight is 921 g/mol. The van der Waals surface area contributed by atoms with Crippen LogP contribution in [0.2, 0.25) is 0 Å². The molecule has 11 N–H and O–H groups in total. The van der Waals surface area contributed by atoms with Gasteiger partial charge in [-0.3, -0.25) is 4.79 Å². The molecule has 64 heavy (non-hydrogen) atoms. The van der Waals surface area contributed by atoms with E-state index in [4.69, 9.17) is 33.2 Å². The maximum atomic E-state index is 13.4. The van der Waals surface area contributed by atoms with Crippen LogP contribution in [0, 0.1) is 46.3 Å². The van der Waals surface area contributed by atoms with E-state index in [1.807, 2.05) is 6.92 Å². The van der Waals surface area contributed by atoms with Crippen LogP contribution in [-0.4, -0.2) is 193 Å². The summed E-state index contributed by atoms with van der Waals surface area (Å²) < 4.78 is 41.4. The van der Waals surface area contributed by atoms with Gasteiger partial charge in [-0.05, 0) is 105 Å². The van der Waals surface area contributed by atoms with E-state index in [1.165, 1.54) is 0 Å². The standard InChI is InChI=1S/C45H76O19/c1-5-24-27(60-31(49)9-6-20(2)19-58-41-38(56)35(53)32(50)28(16-46)61-41)15-26-23-8-7-21-14-22(10-12-44(21,3)25(23)11-13-45(24,26)4)59-43-40(37(55)34(52)30(18-48)63-43)64-42-39(57)36(54)33(51)29(17-47)62-42/h20-30,32-43,46-48,50-57H,5-19H2,1-4H3/t20-,21-,22+,23-,24+,25+,26+,27+,28-,29-,30-,32-,33-,34+,35+,36+,37+,38-,39-,40-,41-,42+,43-,44+,45-/m1/s1. The number of fused-ring (bicyclic) bond motifs is 5. The molecule has 0 spiro atoms. The molecule has 0 aromatic carbocycles. The molecule has 4 saturated carbocycles. The lowest BCUT2D eigenvalue weighted by atomic mass is 9.44. The summed E-state index contributed by atoms with van der Waals surface area (Å²) in [6, 6.07) is 0. The van der Waals surface area contributed by atoms with Gasteiger partial charge in [0, 0.05) is 12.3 Å². The van der Waals surface area contributed by atoms with Crippen LogP contribution >= 0.6 is 0 Å². The van der Waals surface area contributed by atoms with E-state index in [1.54, 1.807) is 0 Å². The van der Waals surface area contributed by atoms with Crippen LogP contribution in [0.4, 0.5) is 0 Å². The smallest absolute Gasteiger partial charge is 0.306 e. The van der Waals surface area contributed by atoms with Crippen LogP contribution in [0.15, 0.2) is 0 Å². The monoisotopic (exact) mass is 920 g/mol. The van der Waals surface area contributed by atoms with Gasteiger partial charge in [-0.15, -0.1) is 0 Å². The van der Waals surface area contributed by atoms with Crippen molar-refractivity contribution in [3.8, 4) is 0 Å². The number of hydrogen-bond donors (Lipinski definition) is 11. The van der Waals surface area contributed by atoms with E-state index >= 15 is 0 Å². The maximum Gasteiger partial charge on any atom is 0.306 e. The Balaban J connectivity index is 0.941. The van der Waals surface area contributed by atoms with Gasteiger partial charge < -0.3 is 89.3 Å². The van der Waals surface area contributed by atoms with Gasteiger partial charge >= 0.3 is 5.97 Å². The second-order valence-corrected chi connectivity index (χ2v) is 20.7. The van der Waals surface area contributed by atoms with Gasteiger partial charge in [-0.25, -0.2) is 0 Å². The van der Waals surface area contributed by atoms with Crippen LogP contribution in [-0.2, 0) is 38.0 Å². The van der Waals surface area contributed by atoms with Crippen molar-refractivity contribution in [2.75, 3.05) is 26.4 Å². The second kappa shape index (κ2) is 20.8. The summed E-state index contributed by atoms with van der Waals surface area (Å²) in [7, 11) is 0. The van der Waals surface area contributed by atoms with Crippen molar-refractivity contribution in [3.05, 3.63) is 0 Å². The van der Waals surface area contributed by atoms with E-state index in [0.717, 1.165) is 44.9 Å². The van der Waals surface area contributed by atoms with Crippen LogP contribution in [0.5, 0.6) is 0 Å². The van der Waals surface area contributed by atoms with Crippen LogP contribution < -0.4 is 0 Å². The lowest BCUT2D eigenvalue weighted by Crippen LogP contribution is -2.65. The molecule has 0 radical (unpaired) electrons. The van der Waals surface area contributed by atoms with Crippen molar-refractivity contribution in [2.24, 2.45) is 46.3 Å². The summed E-state index contributed by atoms with van der Waals surface area (Å²) >= 11 is 0. The van der Waals surface area contributed by atoms with Gasteiger partial charge in [0.15, 0.2) is 18.9 Å². The molecule has 0 amide bonds. The third-order valence-electron chi connectivity index (χ3n) is 17.1. The fourth-order valence-electron chi connectivity index (χ4n) is 13.3. The SMILES string of the molecule is CC[C@H]1[C@@H](OC(=O)CC[C@@H](C)CO[C@@H]2O[C@H](CO)[C@@H](O)[C@H](O)[C@H]2O)C[C@H]2[C@@H]3CC[C@@H]4C[C@@H](O[C@@H]5O[C@H](CO)[C@H](O)[C@H](O)[C@H]5O[C@@H]5O[C@H](CO)[C@@H](O)[C@H](O)[C@H]5O)CC[C@]4(C)[C@H]3CC[C@@]21C. The quantitative estimate of drug-likeness (QED) is 0.0681. The predicted molar refractivity (Wildman–Crippen MR) is 220 cm³/mol. The molecular formula is C45H76O19. The molecule has 3 aliphatic heterocycles. The molecule has 7 aliphatic rings. The van der Waals surface area contributed by atoms with E-state index in [-0.39, 0.29) is 53.9 Å². The molecular weight excluding hydrogens is 844 g/mol. The number of ether oxygens (including phenoxy) is 7. The average Bonchev–Trinajstić information content (AvgIpc) is 3.57. The number of rotatable bonds is 15. The van der Waals surface area contributed by atoms with Crippen molar-refractivity contribution in [3.63, 3.8) is 0 Å². The number of carbonyl (C=O) groups is 1. The first-order valence-corrected chi connectivity index (χ1v) is 23.8. The van der Waals surface area contributed by atoms with Crippen LogP contribution in [0.3, 0.4) is 0 Å². The topological polar surface area (TPSA) is 304 Å². The third kappa shape index (κ3) is 9.69. The van der Waals surface area contributed by atoms with E-state index < -0.39 is 112 Å². The highest BCUT2D eigenvalue weighted by Crippen LogP contribution is 2.68. The number of esters is 1. The van der Waals surface area contributed by atoms with Crippen molar-refractivity contribution < 1.29 is 94.1 Å². The van der Waals surface area contributed by atoms with Crippen molar-refractivity contribution in [1.29, 1.82) is 0 Å². The van der Waals surface area contributed by atoms with Gasteiger partial charge in [0.25, 0.3) is 0 Å². The molecule has 19 nitrogen and oxygen atoms in total. The van der Waals surface area contributed by atoms with Gasteiger partial charge in [0.2, 0.25) is 0 Å². The fourth-order valence-corrected chi connectivity index (χ4v) is 13.3. The largest absolute Gasteiger partial charge is 0.462 e. The van der Waals surface area contributed by atoms with Gasteiger partial charge in [0.1, 0.15) is 79.4 Å². The van der Waals surface area contributed by atoms with Crippen LogP contribution in [0.1, 0.15) is 98.3 Å². The van der Waals surface area contributed by atoms with Gasteiger partial charge in [0.05, 0.1) is 32.5 Å². The molecule has 19 heteroatoms. The lowest BCUT2D eigenvalue weighted by Gasteiger charge is -2.61. The molecule has 7 fully saturated rings. The van der Waals surface area contributed by atoms with E-state index in [9.17, 15) is 61.0 Å². The minimum absolute atomic E-state index is 0.0252. The van der Waals surface area contributed by atoms with Crippen molar-refractivity contribution in [1.82, 2.24) is 0 Å². The fraction of sp³-hybridized carbons (Fsp3) is 0.978. The summed E-state index contributed by atoms with van der Waals surface area (Å²) in [5.74, 6) is 1.51. The number of aliphatic hydroxyl groups excluding tert-OH is 11. The number of hydrogen-bond acceptors (Lipinski definition) is 19. The molecule has 0 unspecified atom stereocenters. The molecule has 3 heterocycles. The van der Waals surface area contributed by atoms with Crippen molar-refractivity contribution >= 4 is 5.97 Å². The van der Waals surface area contributed by atoms with Gasteiger partial charge in [-0.1, -0.05) is 27.7 Å². The zero-order chi connectivity index (χ0) is 46.4. The second-order valence-electron chi connectivity index (χ2n) is 20.7. The molecule has 0 aromatic rings. The first-order valence-electron chi connectivity index (χ1n) is 23.8. The molecule has 4 aliphatic carbocycles. The highest BCUT2D eigenvalue weighted by atomic mass is 16.8. The van der Waals surface area contributed by atoms with E-state index in [0.29, 0.717) is 42.9 Å². The van der Waals surface area contributed by atoms with E-state index in [2.05, 4.69) is 20.8 Å². The Kier molecular flexibility index (Phi) is 16.5. The zero-order valence-corrected chi connectivity index (χ0v) is 37.6. The summed E-state index contributed by atoms with van der Waals surface area (Å²) in [6.07, 6.45) is -13.6. The molecule has 7 rings (SSSR count). The summed E-state index contributed by atoms with van der Waals surface area (Å²) in [5.41, 5.74) is 0.0528. The number of aliphatic hydroxyl groups is 11. The molecule has 0 bridgehead atoms. The maximum absolute atomic E-state index is 13.4. The zero-order valence-electron chi connectivity index (χ0n) is 37.6. The van der Waals surface area contributed by atoms with Crippen LogP contribution in [0.25, 0.3) is 0 Å². The van der Waals surface area contributed by atoms with Gasteiger partial charge in [-0.2, -0.15) is 0 Å². The Bertz CT molecular complexity index is 1520. The normalized spacial score (nSPS) is 51.1. The first kappa shape index (κ1) is 50.7. The molecule has 0 aromatic heterocycles. The minimum atomic E-state index is -1.76. The van der Waals surface area contributed by atoms with Crippen molar-refractivity contribution in [2.45, 2.75) is 203 Å². The minimum Gasteiger partial charge on any atom is -0.462 e. The Morgan fingerprint density at radius 2 is 1.23 bits per heavy atom. The molecule has 3 saturated heterocycles. The Morgan fingerprint density at radius 1 is 0.656 bits per heavy atom. The number of carbonyl (C=O) groups excluding carboxylic acids is 1. The lowest BCUT2D eigenvalue weighted by molar-refractivity contribution is -0.373. The Hall–Kier alpha value is -1.21. The molecule has 25 atom stereocenters. The highest BCUT2D eigenvalue weighted by Gasteiger charge is 2.63. The Labute approximate surface area is 374 Å². The summed E-state index contributed by atoms with van der Waals surface area (Å²) in [5, 5.41) is 113. The predicted octanol–water partition coefficient (Wildman–Crippen LogP) is -1.18. The summed E-state index contributed by atoms with van der Waals surface area (Å²) in [4.78, 5) is 13.4. The first-order chi connectivity index (χ1) is 30.4. The molecule has 370 valence electrons.